The highest BCUT2D eigenvalue weighted by atomic mass is 15.2. The molecular weight excluding hydrogens is 258 g/mol. The van der Waals surface area contributed by atoms with Crippen LogP contribution < -0.4 is 4.57 Å². The van der Waals surface area contributed by atoms with E-state index in [9.17, 15) is 0 Å². The van der Waals surface area contributed by atoms with Gasteiger partial charge in [0.05, 0.1) is 6.54 Å². The molecule has 1 N–H and O–H groups in total. The van der Waals surface area contributed by atoms with Crippen molar-refractivity contribution in [1.29, 1.82) is 0 Å². The molecule has 2 heterocycles. The molecule has 102 valence electrons. The SMILES string of the molecule is C=CC[n+]1c2ccccc2n2cc(-c3ccccc3)[nH]c21. The fraction of sp³-hybridized carbons (Fsp3) is 0.0556. The zero-order chi connectivity index (χ0) is 14.2. The van der Waals surface area contributed by atoms with E-state index in [4.69, 9.17) is 0 Å². The van der Waals surface area contributed by atoms with Crippen molar-refractivity contribution < 1.29 is 4.57 Å². The van der Waals surface area contributed by atoms with Crippen molar-refractivity contribution in [2.24, 2.45) is 0 Å². The molecule has 4 aromatic rings. The van der Waals surface area contributed by atoms with Crippen molar-refractivity contribution in [3.05, 3.63) is 73.4 Å². The van der Waals surface area contributed by atoms with Gasteiger partial charge in [-0.05, 0) is 12.1 Å². The monoisotopic (exact) mass is 274 g/mol. The Balaban J connectivity index is 2.03. The third-order valence-corrected chi connectivity index (χ3v) is 3.82. The first-order valence-corrected chi connectivity index (χ1v) is 7.06. The molecule has 21 heavy (non-hydrogen) atoms. The van der Waals surface area contributed by atoms with Gasteiger partial charge in [0, 0.05) is 5.56 Å². The lowest BCUT2D eigenvalue weighted by Crippen LogP contribution is -2.32. The third-order valence-electron chi connectivity index (χ3n) is 3.82. The van der Waals surface area contributed by atoms with Gasteiger partial charge in [-0.25, -0.2) is 9.55 Å². The van der Waals surface area contributed by atoms with Gasteiger partial charge in [0.1, 0.15) is 22.9 Å². The van der Waals surface area contributed by atoms with Gasteiger partial charge in [-0.2, -0.15) is 4.40 Å². The number of nitrogens with one attached hydrogen (secondary N) is 1. The van der Waals surface area contributed by atoms with E-state index in [0.717, 1.165) is 18.0 Å². The van der Waals surface area contributed by atoms with E-state index in [-0.39, 0.29) is 0 Å². The number of aromatic amines is 1. The van der Waals surface area contributed by atoms with E-state index in [1.165, 1.54) is 16.6 Å². The summed E-state index contributed by atoms with van der Waals surface area (Å²) in [4.78, 5) is 3.53. The van der Waals surface area contributed by atoms with Gasteiger partial charge in [0.2, 0.25) is 0 Å². The molecule has 3 nitrogen and oxygen atoms in total. The summed E-state index contributed by atoms with van der Waals surface area (Å²) in [6, 6.07) is 18.8. The van der Waals surface area contributed by atoms with Gasteiger partial charge < -0.3 is 0 Å². The number of hydrogen-bond acceptors (Lipinski definition) is 0. The summed E-state index contributed by atoms with van der Waals surface area (Å²) in [5, 5.41) is 0. The van der Waals surface area contributed by atoms with E-state index in [1.54, 1.807) is 0 Å². The largest absolute Gasteiger partial charge is 0.368 e. The van der Waals surface area contributed by atoms with Crippen LogP contribution in [0.2, 0.25) is 0 Å². The Bertz CT molecular complexity index is 929. The average molecular weight is 274 g/mol. The first-order chi connectivity index (χ1) is 10.4. The van der Waals surface area contributed by atoms with Crippen LogP contribution in [0.15, 0.2) is 73.4 Å². The number of aromatic nitrogens is 3. The molecule has 0 radical (unpaired) electrons. The van der Waals surface area contributed by atoms with Crippen LogP contribution in [0.5, 0.6) is 0 Å². The van der Waals surface area contributed by atoms with Crippen LogP contribution in [-0.4, -0.2) is 9.38 Å². The molecule has 0 aliphatic carbocycles. The Morgan fingerprint density at radius 2 is 1.81 bits per heavy atom. The maximum atomic E-state index is 3.87. The van der Waals surface area contributed by atoms with Crippen molar-refractivity contribution in [2.45, 2.75) is 6.54 Å². The highest BCUT2D eigenvalue weighted by Crippen LogP contribution is 2.21. The molecule has 3 heteroatoms. The quantitative estimate of drug-likeness (QED) is 0.436. The summed E-state index contributed by atoms with van der Waals surface area (Å²) in [6.45, 7) is 4.65. The highest BCUT2D eigenvalue weighted by Gasteiger charge is 2.20. The maximum Gasteiger partial charge on any atom is 0.368 e. The smallest absolute Gasteiger partial charge is 0.241 e. The minimum absolute atomic E-state index is 0.783. The van der Waals surface area contributed by atoms with E-state index in [2.05, 4.69) is 75.3 Å². The van der Waals surface area contributed by atoms with Crippen molar-refractivity contribution in [2.75, 3.05) is 0 Å². The minimum atomic E-state index is 0.783. The van der Waals surface area contributed by atoms with Crippen molar-refractivity contribution in [3.8, 4) is 11.3 Å². The Morgan fingerprint density at radius 1 is 1.05 bits per heavy atom. The lowest BCUT2D eigenvalue weighted by atomic mass is 10.2. The number of allylic oxidation sites excluding steroid dienone is 1. The van der Waals surface area contributed by atoms with Crippen LogP contribution in [0.4, 0.5) is 0 Å². The second-order valence-electron chi connectivity index (χ2n) is 5.12. The molecule has 0 atom stereocenters. The number of nitrogens with zero attached hydrogens (tertiary/aromatic N) is 2. The standard InChI is InChI=1S/C18H15N3/c1-2-12-20-16-10-6-7-11-17(16)21-13-15(19-18(20)21)14-8-4-3-5-9-14/h2-11,13H,1,12H2/p+1. The number of benzene rings is 2. The Kier molecular flexibility index (Phi) is 2.64. The highest BCUT2D eigenvalue weighted by molar-refractivity contribution is 5.76. The lowest BCUT2D eigenvalue weighted by molar-refractivity contribution is -0.636. The molecule has 0 bridgehead atoms. The van der Waals surface area contributed by atoms with Crippen LogP contribution >= 0.6 is 0 Å². The summed E-state index contributed by atoms with van der Waals surface area (Å²) in [5.41, 5.74) is 4.72. The van der Waals surface area contributed by atoms with Crippen LogP contribution in [0, 0.1) is 0 Å². The molecule has 0 spiro atoms. The number of hydrogen-bond donors (Lipinski definition) is 1. The lowest BCUT2D eigenvalue weighted by Gasteiger charge is -1.95. The molecule has 2 aromatic heterocycles. The number of fused-ring (bicyclic) bond motifs is 3. The Labute approximate surface area is 122 Å². The Hall–Kier alpha value is -2.81. The molecule has 0 fully saturated rings. The number of rotatable bonds is 3. The summed E-state index contributed by atoms with van der Waals surface area (Å²) < 4.78 is 4.45. The topological polar surface area (TPSA) is 24.1 Å². The molecule has 0 aliphatic heterocycles. The molecule has 0 amide bonds. The van der Waals surface area contributed by atoms with Gasteiger partial charge in [-0.1, -0.05) is 55.1 Å². The van der Waals surface area contributed by atoms with Crippen molar-refractivity contribution in [1.82, 2.24) is 9.38 Å². The Morgan fingerprint density at radius 3 is 2.62 bits per heavy atom. The number of H-pyrrole nitrogens is 1. The minimum Gasteiger partial charge on any atom is -0.241 e. The molecule has 0 aliphatic rings. The van der Waals surface area contributed by atoms with Crippen LogP contribution in [-0.2, 0) is 6.54 Å². The molecule has 0 saturated carbocycles. The second-order valence-corrected chi connectivity index (χ2v) is 5.12. The van der Waals surface area contributed by atoms with Gasteiger partial charge in [-0.3, -0.25) is 0 Å². The van der Waals surface area contributed by atoms with Crippen LogP contribution in [0.1, 0.15) is 0 Å². The van der Waals surface area contributed by atoms with E-state index < -0.39 is 0 Å². The first kappa shape index (κ1) is 12.0. The number of imidazole rings is 2. The van der Waals surface area contributed by atoms with Gasteiger partial charge in [-0.15, -0.1) is 0 Å². The van der Waals surface area contributed by atoms with Crippen molar-refractivity contribution in [3.63, 3.8) is 0 Å². The summed E-state index contributed by atoms with van der Waals surface area (Å²) >= 11 is 0. The molecular formula is C18H16N3+. The fourth-order valence-corrected chi connectivity index (χ4v) is 2.87. The van der Waals surface area contributed by atoms with E-state index >= 15 is 0 Å². The zero-order valence-corrected chi connectivity index (χ0v) is 11.7. The maximum absolute atomic E-state index is 3.87. The van der Waals surface area contributed by atoms with Crippen LogP contribution in [0.25, 0.3) is 28.1 Å². The predicted molar refractivity (Wildman–Crippen MR) is 85.1 cm³/mol. The fourth-order valence-electron chi connectivity index (χ4n) is 2.87. The molecule has 2 aromatic carbocycles. The van der Waals surface area contributed by atoms with E-state index in [1.807, 2.05) is 12.1 Å². The molecule has 4 rings (SSSR count). The summed E-state index contributed by atoms with van der Waals surface area (Å²) in [5.74, 6) is 1.08. The predicted octanol–water partition coefficient (Wildman–Crippen LogP) is 3.56. The van der Waals surface area contributed by atoms with Crippen LogP contribution in [0.3, 0.4) is 0 Å². The van der Waals surface area contributed by atoms with E-state index in [0.29, 0.717) is 0 Å². The van der Waals surface area contributed by atoms with Gasteiger partial charge in [0.25, 0.3) is 0 Å². The average Bonchev–Trinajstić information content (AvgIpc) is 3.08. The third kappa shape index (κ3) is 1.78. The second kappa shape index (κ2) is 4.63. The van der Waals surface area contributed by atoms with Crippen molar-refractivity contribution >= 4 is 16.8 Å². The van der Waals surface area contributed by atoms with Gasteiger partial charge >= 0.3 is 5.78 Å². The first-order valence-electron chi connectivity index (χ1n) is 7.06. The van der Waals surface area contributed by atoms with Gasteiger partial charge in [0.15, 0.2) is 0 Å². The summed E-state index contributed by atoms with van der Waals surface area (Å²) in [6.07, 6.45) is 4.09. The zero-order valence-electron chi connectivity index (χ0n) is 11.7. The molecule has 0 unspecified atom stereocenters. The molecule has 0 saturated heterocycles. The number of para-hydroxylation sites is 2. The normalized spacial score (nSPS) is 11.2. The summed E-state index contributed by atoms with van der Waals surface area (Å²) in [7, 11) is 0.